The number of hydrogen-bond acceptors (Lipinski definition) is 2. The van der Waals surface area contributed by atoms with Gasteiger partial charge in [-0.1, -0.05) is 36.4 Å². The van der Waals surface area contributed by atoms with Crippen LogP contribution in [0.4, 0.5) is 5.69 Å². The lowest BCUT2D eigenvalue weighted by molar-refractivity contribution is 0.278. The van der Waals surface area contributed by atoms with Gasteiger partial charge in [0.15, 0.2) is 0 Å². The molecule has 146 valence electrons. The molecule has 3 heteroatoms. The number of nitrogens with zero attached hydrogens (tertiary/aromatic N) is 3. The second-order valence-corrected chi connectivity index (χ2v) is 9.06. The van der Waals surface area contributed by atoms with Gasteiger partial charge in [0.1, 0.15) is 0 Å². The Bertz CT molecular complexity index is 1240. The summed E-state index contributed by atoms with van der Waals surface area (Å²) in [5, 5.41) is 2.67. The molecule has 0 saturated carbocycles. The monoisotopic (exact) mass is 381 g/mol. The lowest BCUT2D eigenvalue weighted by atomic mass is 9.96. The second kappa shape index (κ2) is 5.87. The molecule has 2 bridgehead atoms. The van der Waals surface area contributed by atoms with Crippen LogP contribution in [0.25, 0.3) is 27.5 Å². The first-order chi connectivity index (χ1) is 14.1. The Morgan fingerprint density at radius 2 is 1.66 bits per heavy atom. The summed E-state index contributed by atoms with van der Waals surface area (Å²) in [6.07, 6.45) is 1.72. The van der Waals surface area contributed by atoms with Crippen molar-refractivity contribution < 1.29 is 0 Å². The number of benzene rings is 3. The molecule has 3 atom stereocenters. The zero-order chi connectivity index (χ0) is 19.8. The highest BCUT2D eigenvalue weighted by molar-refractivity contribution is 6.10. The minimum absolute atomic E-state index is 0.246. The average Bonchev–Trinajstić information content (AvgIpc) is 3.34. The first-order valence-corrected chi connectivity index (χ1v) is 10.7. The smallest absolute Gasteiger partial charge is 0.0799 e. The van der Waals surface area contributed by atoms with E-state index in [0.717, 1.165) is 0 Å². The zero-order valence-electron chi connectivity index (χ0n) is 17.4. The van der Waals surface area contributed by atoms with Crippen molar-refractivity contribution in [3.63, 3.8) is 0 Å². The van der Waals surface area contributed by atoms with Gasteiger partial charge in [-0.25, -0.2) is 0 Å². The Hall–Kier alpha value is -2.78. The van der Waals surface area contributed by atoms with E-state index in [2.05, 4.69) is 102 Å². The van der Waals surface area contributed by atoms with Gasteiger partial charge in [-0.05, 0) is 63.1 Å². The molecule has 2 aliphatic rings. The fourth-order valence-electron chi connectivity index (χ4n) is 5.83. The first kappa shape index (κ1) is 17.1. The van der Waals surface area contributed by atoms with E-state index in [-0.39, 0.29) is 5.54 Å². The minimum atomic E-state index is 0.246. The van der Waals surface area contributed by atoms with E-state index in [0.29, 0.717) is 6.17 Å². The van der Waals surface area contributed by atoms with E-state index in [1.54, 1.807) is 0 Å². The van der Waals surface area contributed by atoms with E-state index >= 15 is 0 Å². The van der Waals surface area contributed by atoms with Crippen LogP contribution in [-0.4, -0.2) is 34.3 Å². The molecular weight excluding hydrogens is 354 g/mol. The maximum Gasteiger partial charge on any atom is 0.0799 e. The van der Waals surface area contributed by atoms with Crippen LogP contribution in [0.2, 0.25) is 0 Å². The third-order valence-corrected chi connectivity index (χ3v) is 7.23. The van der Waals surface area contributed by atoms with E-state index in [4.69, 9.17) is 0 Å². The van der Waals surface area contributed by atoms with Crippen molar-refractivity contribution in [1.82, 2.24) is 9.47 Å². The van der Waals surface area contributed by atoms with E-state index in [9.17, 15) is 0 Å². The SMILES string of the molecule is Cc1cc2c(cc1N1C(C)N3CCC1(C)C3)c1ccccc1n2-c1ccccc1. The van der Waals surface area contributed by atoms with Crippen LogP contribution >= 0.6 is 0 Å². The lowest BCUT2D eigenvalue weighted by Crippen LogP contribution is -2.50. The van der Waals surface area contributed by atoms with Gasteiger partial charge in [0.05, 0.1) is 22.7 Å². The van der Waals surface area contributed by atoms with Crippen molar-refractivity contribution in [2.75, 3.05) is 18.0 Å². The highest BCUT2D eigenvalue weighted by Gasteiger charge is 2.50. The fraction of sp³-hybridized carbons (Fsp3) is 0.308. The molecule has 0 radical (unpaired) electrons. The first-order valence-electron chi connectivity index (χ1n) is 10.7. The van der Waals surface area contributed by atoms with Gasteiger partial charge in [-0.2, -0.15) is 0 Å². The molecule has 29 heavy (non-hydrogen) atoms. The van der Waals surface area contributed by atoms with Crippen molar-refractivity contribution in [3.05, 3.63) is 72.3 Å². The third-order valence-electron chi connectivity index (χ3n) is 7.23. The molecule has 3 aromatic carbocycles. The van der Waals surface area contributed by atoms with Crippen molar-refractivity contribution in [3.8, 4) is 5.69 Å². The van der Waals surface area contributed by atoms with Gasteiger partial charge in [0.25, 0.3) is 0 Å². The number of hydrogen-bond donors (Lipinski definition) is 0. The topological polar surface area (TPSA) is 11.4 Å². The van der Waals surface area contributed by atoms with E-state index in [1.165, 1.54) is 58.3 Å². The lowest BCUT2D eigenvalue weighted by Gasteiger charge is -2.42. The Kier molecular flexibility index (Phi) is 3.46. The van der Waals surface area contributed by atoms with Crippen molar-refractivity contribution in [1.29, 1.82) is 0 Å². The Morgan fingerprint density at radius 3 is 2.41 bits per heavy atom. The maximum atomic E-state index is 2.68. The maximum absolute atomic E-state index is 2.68. The number of anilines is 1. The normalized spacial score (nSPS) is 26.1. The molecule has 2 aliphatic heterocycles. The molecule has 2 saturated heterocycles. The predicted octanol–water partition coefficient (Wildman–Crippen LogP) is 5.72. The van der Waals surface area contributed by atoms with Crippen molar-refractivity contribution >= 4 is 27.5 Å². The predicted molar refractivity (Wildman–Crippen MR) is 122 cm³/mol. The van der Waals surface area contributed by atoms with Crippen LogP contribution in [0.5, 0.6) is 0 Å². The Morgan fingerprint density at radius 1 is 0.897 bits per heavy atom. The van der Waals surface area contributed by atoms with Crippen LogP contribution < -0.4 is 4.90 Å². The molecule has 1 aromatic heterocycles. The number of aryl methyl sites for hydroxylation is 1. The van der Waals surface area contributed by atoms with Gasteiger partial charge in [0, 0.05) is 35.2 Å². The van der Waals surface area contributed by atoms with E-state index in [1.807, 2.05) is 0 Å². The fourth-order valence-corrected chi connectivity index (χ4v) is 5.83. The summed E-state index contributed by atoms with van der Waals surface area (Å²) in [6, 6.07) is 24.4. The highest BCUT2D eigenvalue weighted by atomic mass is 15.5. The molecular formula is C26H27N3. The molecule has 3 heterocycles. The molecule has 0 N–H and O–H groups in total. The summed E-state index contributed by atoms with van der Waals surface area (Å²) in [5.74, 6) is 0. The summed E-state index contributed by atoms with van der Waals surface area (Å²) in [4.78, 5) is 5.30. The van der Waals surface area contributed by atoms with Gasteiger partial charge in [-0.15, -0.1) is 0 Å². The van der Waals surface area contributed by atoms with Gasteiger partial charge < -0.3 is 9.47 Å². The molecule has 3 unspecified atom stereocenters. The average molecular weight is 382 g/mol. The Balaban J connectivity index is 1.64. The van der Waals surface area contributed by atoms with Crippen LogP contribution in [0.3, 0.4) is 0 Å². The van der Waals surface area contributed by atoms with Crippen LogP contribution in [0.15, 0.2) is 66.7 Å². The minimum Gasteiger partial charge on any atom is -0.349 e. The van der Waals surface area contributed by atoms with Crippen LogP contribution in [0.1, 0.15) is 25.8 Å². The molecule has 0 aliphatic carbocycles. The summed E-state index contributed by atoms with van der Waals surface area (Å²) >= 11 is 0. The zero-order valence-corrected chi connectivity index (χ0v) is 17.4. The van der Waals surface area contributed by atoms with Crippen molar-refractivity contribution in [2.45, 2.75) is 38.9 Å². The molecule has 6 rings (SSSR count). The van der Waals surface area contributed by atoms with Gasteiger partial charge >= 0.3 is 0 Å². The van der Waals surface area contributed by atoms with Crippen molar-refractivity contribution in [2.24, 2.45) is 0 Å². The largest absolute Gasteiger partial charge is 0.349 e. The number of aromatic nitrogens is 1. The number of fused-ring (bicyclic) bond motifs is 5. The molecule has 4 aromatic rings. The van der Waals surface area contributed by atoms with Gasteiger partial charge in [0.2, 0.25) is 0 Å². The molecule has 2 fully saturated rings. The molecule has 3 nitrogen and oxygen atoms in total. The number of para-hydroxylation sites is 2. The summed E-state index contributed by atoms with van der Waals surface area (Å²) in [5.41, 5.74) is 6.79. The van der Waals surface area contributed by atoms with Gasteiger partial charge in [-0.3, -0.25) is 4.90 Å². The summed E-state index contributed by atoms with van der Waals surface area (Å²) in [6.45, 7) is 9.48. The third kappa shape index (κ3) is 2.28. The quantitative estimate of drug-likeness (QED) is 0.440. The number of rotatable bonds is 2. The van der Waals surface area contributed by atoms with Crippen LogP contribution in [0, 0.1) is 6.92 Å². The standard InChI is InChI=1S/C26H27N3/c1-18-15-25-22(16-24(18)29-19(2)27-14-13-26(29,3)17-27)21-11-7-8-12-23(21)28(25)20-9-5-4-6-10-20/h4-12,15-16,19H,13-14,17H2,1-3H3. The molecule has 0 spiro atoms. The Labute approximate surface area is 172 Å². The summed E-state index contributed by atoms with van der Waals surface area (Å²) in [7, 11) is 0. The molecule has 0 amide bonds. The summed E-state index contributed by atoms with van der Waals surface area (Å²) < 4.78 is 2.41. The highest BCUT2D eigenvalue weighted by Crippen LogP contribution is 2.45. The van der Waals surface area contributed by atoms with E-state index < -0.39 is 0 Å². The second-order valence-electron chi connectivity index (χ2n) is 9.06. The van der Waals surface area contributed by atoms with Crippen LogP contribution in [-0.2, 0) is 0 Å².